The number of carbonyl (C=O) groups excluding carboxylic acids is 1. The summed E-state index contributed by atoms with van der Waals surface area (Å²) in [5.74, 6) is -0.0865. The lowest BCUT2D eigenvalue weighted by Gasteiger charge is -2.31. The van der Waals surface area contributed by atoms with Crippen LogP contribution in [0.1, 0.15) is 37.3 Å². The van der Waals surface area contributed by atoms with Gasteiger partial charge in [0.05, 0.1) is 4.90 Å². The molecule has 29 heavy (non-hydrogen) atoms. The molecule has 0 aliphatic carbocycles. The van der Waals surface area contributed by atoms with Crippen LogP contribution in [0.5, 0.6) is 0 Å². The van der Waals surface area contributed by atoms with Gasteiger partial charge >= 0.3 is 0 Å². The minimum atomic E-state index is -3.49. The molecule has 156 valence electrons. The van der Waals surface area contributed by atoms with E-state index in [1.807, 2.05) is 44.2 Å². The Morgan fingerprint density at radius 1 is 1.07 bits per heavy atom. The third-order valence-electron chi connectivity index (χ3n) is 5.58. The van der Waals surface area contributed by atoms with E-state index >= 15 is 0 Å². The van der Waals surface area contributed by atoms with Crippen molar-refractivity contribution in [3.8, 4) is 0 Å². The van der Waals surface area contributed by atoms with Crippen molar-refractivity contribution >= 4 is 15.9 Å². The van der Waals surface area contributed by atoms with Crippen LogP contribution in [0.3, 0.4) is 0 Å². The summed E-state index contributed by atoms with van der Waals surface area (Å²) in [4.78, 5) is 12.9. The van der Waals surface area contributed by atoms with Crippen molar-refractivity contribution in [2.24, 2.45) is 5.92 Å². The number of aryl methyl sites for hydroxylation is 2. The van der Waals surface area contributed by atoms with Crippen LogP contribution < -0.4 is 5.32 Å². The maximum atomic E-state index is 12.8. The molecule has 1 aliphatic rings. The zero-order valence-electron chi connectivity index (χ0n) is 17.2. The molecule has 0 aromatic heterocycles. The van der Waals surface area contributed by atoms with Gasteiger partial charge in [-0.25, -0.2) is 8.42 Å². The maximum Gasteiger partial charge on any atom is 0.243 e. The van der Waals surface area contributed by atoms with Crippen molar-refractivity contribution < 1.29 is 13.2 Å². The smallest absolute Gasteiger partial charge is 0.243 e. The fourth-order valence-electron chi connectivity index (χ4n) is 3.68. The Labute approximate surface area is 174 Å². The molecule has 1 fully saturated rings. The van der Waals surface area contributed by atoms with E-state index in [0.29, 0.717) is 30.8 Å². The van der Waals surface area contributed by atoms with Crippen LogP contribution in [0.4, 0.5) is 0 Å². The van der Waals surface area contributed by atoms with E-state index in [9.17, 15) is 13.2 Å². The second-order valence-electron chi connectivity index (χ2n) is 7.93. The van der Waals surface area contributed by atoms with E-state index in [-0.39, 0.29) is 17.9 Å². The Morgan fingerprint density at radius 3 is 2.31 bits per heavy atom. The molecule has 1 atom stereocenters. The molecule has 1 saturated heterocycles. The van der Waals surface area contributed by atoms with E-state index in [1.54, 1.807) is 12.1 Å². The van der Waals surface area contributed by atoms with E-state index in [4.69, 9.17) is 0 Å². The summed E-state index contributed by atoms with van der Waals surface area (Å²) in [6.07, 6.45) is 2.93. The molecule has 5 nitrogen and oxygen atoms in total. The summed E-state index contributed by atoms with van der Waals surface area (Å²) < 4.78 is 27.1. The third-order valence-corrected chi connectivity index (χ3v) is 7.49. The topological polar surface area (TPSA) is 66.5 Å². The number of carbonyl (C=O) groups is 1. The summed E-state index contributed by atoms with van der Waals surface area (Å²) in [6.45, 7) is 4.72. The maximum absolute atomic E-state index is 12.8. The first-order valence-electron chi connectivity index (χ1n) is 10.3. The molecular formula is C23H30N2O3S. The Kier molecular flexibility index (Phi) is 7.09. The molecule has 1 amide bonds. The second-order valence-corrected chi connectivity index (χ2v) is 9.86. The standard InChI is InChI=1S/C23H30N2O3S/c1-18-8-12-22(13-9-18)29(27,28)25-16-14-21(15-17-25)23(26)24-19(2)10-11-20-6-4-3-5-7-20/h3-9,12-13,19,21H,10-11,14-17H2,1-2H3,(H,24,26). The highest BCUT2D eigenvalue weighted by atomic mass is 32.2. The molecule has 2 aromatic carbocycles. The first-order chi connectivity index (χ1) is 13.9. The van der Waals surface area contributed by atoms with Gasteiger partial charge in [-0.3, -0.25) is 4.79 Å². The number of amides is 1. The second kappa shape index (κ2) is 9.55. The SMILES string of the molecule is Cc1ccc(S(=O)(=O)N2CCC(C(=O)NC(C)CCc3ccccc3)CC2)cc1. The predicted octanol–water partition coefficient (Wildman–Crippen LogP) is 3.53. The molecule has 3 rings (SSSR count). The third kappa shape index (κ3) is 5.67. The lowest BCUT2D eigenvalue weighted by molar-refractivity contribution is -0.126. The van der Waals surface area contributed by atoms with Crippen molar-refractivity contribution in [2.45, 2.75) is 50.5 Å². The van der Waals surface area contributed by atoms with Crippen LogP contribution in [0.25, 0.3) is 0 Å². The van der Waals surface area contributed by atoms with Crippen molar-refractivity contribution in [2.75, 3.05) is 13.1 Å². The van der Waals surface area contributed by atoms with Gasteiger partial charge in [0.1, 0.15) is 0 Å². The first-order valence-corrected chi connectivity index (χ1v) is 11.7. The lowest BCUT2D eigenvalue weighted by atomic mass is 9.96. The molecule has 1 N–H and O–H groups in total. The van der Waals surface area contributed by atoms with Crippen molar-refractivity contribution in [1.29, 1.82) is 0 Å². The molecule has 2 aromatic rings. The number of hydrogen-bond acceptors (Lipinski definition) is 3. The van der Waals surface area contributed by atoms with E-state index < -0.39 is 10.0 Å². The Morgan fingerprint density at radius 2 is 1.69 bits per heavy atom. The van der Waals surface area contributed by atoms with Gasteiger partial charge in [-0.2, -0.15) is 4.31 Å². The Hall–Kier alpha value is -2.18. The van der Waals surface area contributed by atoms with Gasteiger partial charge in [0, 0.05) is 25.0 Å². The predicted molar refractivity (Wildman–Crippen MR) is 115 cm³/mol. The quantitative estimate of drug-likeness (QED) is 0.754. The van der Waals surface area contributed by atoms with Gasteiger partial charge in [-0.15, -0.1) is 0 Å². The van der Waals surface area contributed by atoms with Crippen LogP contribution in [0.15, 0.2) is 59.5 Å². The zero-order chi connectivity index (χ0) is 20.9. The summed E-state index contributed by atoms with van der Waals surface area (Å²) in [6, 6.07) is 17.3. The molecule has 1 aliphatic heterocycles. The molecule has 0 spiro atoms. The van der Waals surface area contributed by atoms with E-state index in [0.717, 1.165) is 18.4 Å². The summed E-state index contributed by atoms with van der Waals surface area (Å²) >= 11 is 0. The molecule has 0 saturated carbocycles. The number of benzene rings is 2. The van der Waals surface area contributed by atoms with Gasteiger partial charge in [0.25, 0.3) is 0 Å². The lowest BCUT2D eigenvalue weighted by Crippen LogP contribution is -2.44. The van der Waals surface area contributed by atoms with Gasteiger partial charge in [-0.05, 0) is 57.2 Å². The van der Waals surface area contributed by atoms with E-state index in [2.05, 4.69) is 17.4 Å². The molecule has 1 unspecified atom stereocenters. The number of rotatable bonds is 7. The largest absolute Gasteiger partial charge is 0.353 e. The zero-order valence-corrected chi connectivity index (χ0v) is 18.0. The minimum absolute atomic E-state index is 0.0398. The van der Waals surface area contributed by atoms with Gasteiger partial charge in [0.15, 0.2) is 0 Å². The number of piperidine rings is 1. The molecule has 0 radical (unpaired) electrons. The van der Waals surface area contributed by atoms with Crippen LogP contribution in [-0.4, -0.2) is 37.8 Å². The van der Waals surface area contributed by atoms with Gasteiger partial charge in [0.2, 0.25) is 15.9 Å². The monoisotopic (exact) mass is 414 g/mol. The van der Waals surface area contributed by atoms with Gasteiger partial charge < -0.3 is 5.32 Å². The number of nitrogens with one attached hydrogen (secondary N) is 1. The number of nitrogens with zero attached hydrogens (tertiary/aromatic N) is 1. The molecule has 0 bridgehead atoms. The van der Waals surface area contributed by atoms with Crippen LogP contribution in [0, 0.1) is 12.8 Å². The number of sulfonamides is 1. The van der Waals surface area contributed by atoms with Crippen molar-refractivity contribution in [3.05, 3.63) is 65.7 Å². The highest BCUT2D eigenvalue weighted by molar-refractivity contribution is 7.89. The fourth-order valence-corrected chi connectivity index (χ4v) is 5.15. The van der Waals surface area contributed by atoms with Crippen molar-refractivity contribution in [1.82, 2.24) is 9.62 Å². The van der Waals surface area contributed by atoms with Crippen molar-refractivity contribution in [3.63, 3.8) is 0 Å². The average Bonchev–Trinajstić information content (AvgIpc) is 2.73. The Balaban J connectivity index is 1.48. The van der Waals surface area contributed by atoms with Crippen LogP contribution >= 0.6 is 0 Å². The fraction of sp³-hybridized carbons (Fsp3) is 0.435. The minimum Gasteiger partial charge on any atom is -0.353 e. The summed E-state index contributed by atoms with van der Waals surface area (Å²) in [5, 5.41) is 3.10. The highest BCUT2D eigenvalue weighted by Crippen LogP contribution is 2.24. The molecular weight excluding hydrogens is 384 g/mol. The summed E-state index contributed by atoms with van der Waals surface area (Å²) in [5.41, 5.74) is 2.30. The summed E-state index contributed by atoms with van der Waals surface area (Å²) in [7, 11) is -3.49. The number of hydrogen-bond donors (Lipinski definition) is 1. The average molecular weight is 415 g/mol. The molecule has 1 heterocycles. The highest BCUT2D eigenvalue weighted by Gasteiger charge is 2.32. The first kappa shape index (κ1) is 21.5. The van der Waals surface area contributed by atoms with Crippen LogP contribution in [-0.2, 0) is 21.2 Å². The van der Waals surface area contributed by atoms with E-state index in [1.165, 1.54) is 9.87 Å². The normalized spacial score (nSPS) is 17.0. The Bertz CT molecular complexity index is 903. The van der Waals surface area contributed by atoms with Crippen LogP contribution in [0.2, 0.25) is 0 Å². The van der Waals surface area contributed by atoms with Gasteiger partial charge in [-0.1, -0.05) is 48.0 Å². The molecule has 6 heteroatoms.